The minimum absolute atomic E-state index is 0.0791. The molecule has 2 nitrogen and oxygen atoms in total. The van der Waals surface area contributed by atoms with Crippen molar-refractivity contribution >= 4 is 5.91 Å². The minimum Gasteiger partial charge on any atom is -0.341 e. The molecule has 0 N–H and O–H groups in total. The van der Waals surface area contributed by atoms with Crippen LogP contribution in [0.3, 0.4) is 0 Å². The van der Waals surface area contributed by atoms with Crippen molar-refractivity contribution in [2.45, 2.75) is 31.7 Å². The molecule has 0 aliphatic heterocycles. The van der Waals surface area contributed by atoms with Gasteiger partial charge in [-0.3, -0.25) is 4.79 Å². The fourth-order valence-electron chi connectivity index (χ4n) is 3.24. The van der Waals surface area contributed by atoms with Crippen LogP contribution >= 0.6 is 0 Å². The van der Waals surface area contributed by atoms with Crippen molar-refractivity contribution in [2.75, 3.05) is 7.05 Å². The van der Waals surface area contributed by atoms with Crippen molar-refractivity contribution in [3.05, 3.63) is 71.0 Å². The number of halogens is 1. The lowest BCUT2D eigenvalue weighted by molar-refractivity contribution is -0.132. The zero-order valence-corrected chi connectivity index (χ0v) is 12.8. The molecule has 0 heterocycles. The summed E-state index contributed by atoms with van der Waals surface area (Å²) >= 11 is 0. The summed E-state index contributed by atoms with van der Waals surface area (Å²) in [4.78, 5) is 14.4. The molecule has 1 amide bonds. The molecule has 0 radical (unpaired) electrons. The molecule has 2 aromatic carbocycles. The van der Waals surface area contributed by atoms with Crippen molar-refractivity contribution < 1.29 is 9.18 Å². The van der Waals surface area contributed by atoms with Crippen molar-refractivity contribution in [1.29, 1.82) is 0 Å². The molecule has 1 atom stereocenters. The van der Waals surface area contributed by atoms with E-state index in [1.807, 2.05) is 18.2 Å². The van der Waals surface area contributed by atoms with E-state index in [1.54, 1.807) is 30.1 Å². The second-order valence-electron chi connectivity index (χ2n) is 5.93. The number of nitrogens with zero attached hydrogens (tertiary/aromatic N) is 1. The number of fused-ring (bicyclic) bond motifs is 1. The van der Waals surface area contributed by atoms with Gasteiger partial charge in [0.15, 0.2) is 0 Å². The molecular formula is C19H20FNO. The van der Waals surface area contributed by atoms with Gasteiger partial charge in [0.2, 0.25) is 5.91 Å². The largest absolute Gasteiger partial charge is 0.341 e. The van der Waals surface area contributed by atoms with Crippen LogP contribution in [0.15, 0.2) is 48.5 Å². The predicted molar refractivity (Wildman–Crippen MR) is 85.0 cm³/mol. The first-order valence-corrected chi connectivity index (χ1v) is 7.73. The summed E-state index contributed by atoms with van der Waals surface area (Å²) in [6, 6.07) is 14.8. The average molecular weight is 297 g/mol. The summed E-state index contributed by atoms with van der Waals surface area (Å²) in [6.07, 6.45) is 2.94. The Morgan fingerprint density at radius 1 is 1.18 bits per heavy atom. The van der Waals surface area contributed by atoms with Crippen LogP contribution in [0.5, 0.6) is 0 Å². The second kappa shape index (κ2) is 6.30. The Hall–Kier alpha value is -2.16. The summed E-state index contributed by atoms with van der Waals surface area (Å²) in [5, 5.41) is 0. The molecule has 1 aliphatic carbocycles. The highest BCUT2D eigenvalue weighted by Crippen LogP contribution is 2.33. The Balaban J connectivity index is 1.78. The molecule has 1 aliphatic rings. The maximum Gasteiger partial charge on any atom is 0.230 e. The van der Waals surface area contributed by atoms with E-state index in [0.717, 1.165) is 24.8 Å². The van der Waals surface area contributed by atoms with Crippen molar-refractivity contribution in [2.24, 2.45) is 0 Å². The van der Waals surface area contributed by atoms with Crippen molar-refractivity contribution in [3.8, 4) is 0 Å². The standard InChI is InChI=1S/C19H20FNO/c1-21(13-15-8-3-5-12-18(15)20)19(22)17-11-6-9-14-7-2-4-10-16(14)17/h2-5,7-8,10,12,17H,6,9,11,13H2,1H3. The van der Waals surface area contributed by atoms with E-state index < -0.39 is 0 Å². The van der Waals surface area contributed by atoms with Crippen LogP contribution in [0.1, 0.15) is 35.4 Å². The molecule has 0 spiro atoms. The van der Waals surface area contributed by atoms with Gasteiger partial charge in [-0.15, -0.1) is 0 Å². The number of hydrogen-bond acceptors (Lipinski definition) is 1. The third kappa shape index (κ3) is 2.89. The fourth-order valence-corrected chi connectivity index (χ4v) is 3.24. The molecule has 0 saturated heterocycles. The van der Waals surface area contributed by atoms with Gasteiger partial charge in [-0.1, -0.05) is 42.5 Å². The summed E-state index contributed by atoms with van der Waals surface area (Å²) in [6.45, 7) is 0.310. The topological polar surface area (TPSA) is 20.3 Å². The van der Waals surface area contributed by atoms with Crippen LogP contribution in [0.4, 0.5) is 4.39 Å². The van der Waals surface area contributed by atoms with Gasteiger partial charge < -0.3 is 4.90 Å². The molecule has 0 fully saturated rings. The second-order valence-corrected chi connectivity index (χ2v) is 5.93. The normalized spacial score (nSPS) is 16.9. The van der Waals surface area contributed by atoms with E-state index >= 15 is 0 Å². The van der Waals surface area contributed by atoms with Crippen LogP contribution in [0.25, 0.3) is 0 Å². The van der Waals surface area contributed by atoms with E-state index in [0.29, 0.717) is 12.1 Å². The zero-order chi connectivity index (χ0) is 15.5. The van der Waals surface area contributed by atoms with E-state index in [4.69, 9.17) is 0 Å². The SMILES string of the molecule is CN(Cc1ccccc1F)C(=O)C1CCCc2ccccc21. The highest BCUT2D eigenvalue weighted by atomic mass is 19.1. The number of carbonyl (C=O) groups excluding carboxylic acids is 1. The number of likely N-dealkylation sites (N-methyl/N-ethyl adjacent to an activating group) is 1. The van der Waals surface area contributed by atoms with Crippen LogP contribution in [0, 0.1) is 5.82 Å². The first-order valence-electron chi connectivity index (χ1n) is 7.73. The monoisotopic (exact) mass is 297 g/mol. The lowest BCUT2D eigenvalue weighted by atomic mass is 9.82. The van der Waals surface area contributed by atoms with E-state index in [9.17, 15) is 9.18 Å². The van der Waals surface area contributed by atoms with Crippen molar-refractivity contribution in [3.63, 3.8) is 0 Å². The Labute approximate surface area is 130 Å². The van der Waals surface area contributed by atoms with Gasteiger partial charge in [0.1, 0.15) is 5.82 Å². The summed E-state index contributed by atoms with van der Waals surface area (Å²) in [7, 11) is 1.76. The fraction of sp³-hybridized carbons (Fsp3) is 0.316. The van der Waals surface area contributed by atoms with E-state index in [-0.39, 0.29) is 17.6 Å². The molecule has 1 unspecified atom stereocenters. The highest BCUT2D eigenvalue weighted by Gasteiger charge is 2.28. The smallest absolute Gasteiger partial charge is 0.230 e. The molecule has 22 heavy (non-hydrogen) atoms. The average Bonchev–Trinajstić information content (AvgIpc) is 2.55. The highest BCUT2D eigenvalue weighted by molar-refractivity contribution is 5.84. The molecule has 3 rings (SSSR count). The third-order valence-corrected chi connectivity index (χ3v) is 4.41. The molecule has 0 bridgehead atoms. The molecule has 0 aromatic heterocycles. The van der Waals surface area contributed by atoms with Crippen LogP contribution in [0.2, 0.25) is 0 Å². The zero-order valence-electron chi connectivity index (χ0n) is 12.8. The first kappa shape index (κ1) is 14.8. The number of carbonyl (C=O) groups is 1. The molecule has 114 valence electrons. The minimum atomic E-state index is -0.258. The lowest BCUT2D eigenvalue weighted by Crippen LogP contribution is -2.33. The van der Waals surface area contributed by atoms with Gasteiger partial charge in [0.05, 0.1) is 5.92 Å². The number of rotatable bonds is 3. The quantitative estimate of drug-likeness (QED) is 0.841. The molecule has 2 aromatic rings. The van der Waals surface area contributed by atoms with Crippen LogP contribution in [-0.4, -0.2) is 17.9 Å². The van der Waals surface area contributed by atoms with Gasteiger partial charge in [0, 0.05) is 19.2 Å². The number of aryl methyl sites for hydroxylation is 1. The van der Waals surface area contributed by atoms with Gasteiger partial charge in [-0.25, -0.2) is 4.39 Å². The van der Waals surface area contributed by atoms with Crippen LogP contribution < -0.4 is 0 Å². The molecule has 3 heteroatoms. The van der Waals surface area contributed by atoms with Crippen LogP contribution in [-0.2, 0) is 17.8 Å². The summed E-state index contributed by atoms with van der Waals surface area (Å²) in [5.74, 6) is -0.275. The number of amides is 1. The lowest BCUT2D eigenvalue weighted by Gasteiger charge is -2.28. The van der Waals surface area contributed by atoms with Gasteiger partial charge in [-0.2, -0.15) is 0 Å². The Morgan fingerprint density at radius 2 is 1.91 bits per heavy atom. The van der Waals surface area contributed by atoms with E-state index in [2.05, 4.69) is 6.07 Å². The van der Waals surface area contributed by atoms with Gasteiger partial charge >= 0.3 is 0 Å². The maximum absolute atomic E-state index is 13.8. The molecule has 0 saturated carbocycles. The summed E-state index contributed by atoms with van der Waals surface area (Å²) < 4.78 is 13.8. The maximum atomic E-state index is 13.8. The summed E-state index contributed by atoms with van der Waals surface area (Å²) in [5.41, 5.74) is 2.97. The van der Waals surface area contributed by atoms with Gasteiger partial charge in [-0.05, 0) is 36.5 Å². The number of hydrogen-bond donors (Lipinski definition) is 0. The Bertz CT molecular complexity index is 683. The third-order valence-electron chi connectivity index (χ3n) is 4.41. The molecular weight excluding hydrogens is 277 g/mol. The Morgan fingerprint density at radius 3 is 2.73 bits per heavy atom. The predicted octanol–water partition coefficient (Wildman–Crippen LogP) is 3.90. The Kier molecular flexibility index (Phi) is 4.23. The van der Waals surface area contributed by atoms with Crippen molar-refractivity contribution in [1.82, 2.24) is 4.90 Å². The number of benzene rings is 2. The van der Waals surface area contributed by atoms with Gasteiger partial charge in [0.25, 0.3) is 0 Å². The first-order chi connectivity index (χ1) is 10.7. The van der Waals surface area contributed by atoms with E-state index in [1.165, 1.54) is 11.6 Å².